The van der Waals surface area contributed by atoms with E-state index < -0.39 is 5.92 Å². The summed E-state index contributed by atoms with van der Waals surface area (Å²) in [5.41, 5.74) is 0.0226. The molecule has 1 aliphatic heterocycles. The zero-order valence-corrected chi connectivity index (χ0v) is 7.72. The smallest absolute Gasteiger partial charge is 0.249 e. The van der Waals surface area contributed by atoms with Crippen molar-refractivity contribution in [2.75, 3.05) is 13.1 Å². The summed E-state index contributed by atoms with van der Waals surface area (Å²) in [6, 6.07) is 0. The molecule has 1 heterocycles. The van der Waals surface area contributed by atoms with Gasteiger partial charge in [0.1, 0.15) is 0 Å². The van der Waals surface area contributed by atoms with Crippen molar-refractivity contribution in [3.8, 4) is 0 Å². The van der Waals surface area contributed by atoms with Gasteiger partial charge in [0.2, 0.25) is 5.92 Å². The minimum atomic E-state index is -2.34. The van der Waals surface area contributed by atoms with Gasteiger partial charge in [-0.25, -0.2) is 8.78 Å². The Balaban J connectivity index is 0.000000720. The summed E-state index contributed by atoms with van der Waals surface area (Å²) in [4.78, 5) is 0. The van der Waals surface area contributed by atoms with Crippen LogP contribution in [0.25, 0.3) is 0 Å². The third kappa shape index (κ3) is 1.72. The molecule has 0 radical (unpaired) electrons. The number of hydrogen-bond donors (Lipinski definition) is 1. The molecular weight excluding hydrogens is 184 g/mol. The molecule has 1 nitrogen and oxygen atoms in total. The molecule has 0 aromatic rings. The van der Waals surface area contributed by atoms with Crippen molar-refractivity contribution in [3.63, 3.8) is 0 Å². The molecule has 0 aromatic heterocycles. The standard InChI is InChI=1S/C8H13F2N.ClH/c9-8(10)5-7(6-8)1-3-11-4-2-7;/h11H,1-6H2;1H. The average Bonchev–Trinajstić information content (AvgIpc) is 1.85. The predicted octanol–water partition coefficient (Wildman–Crippen LogP) is 2.21. The molecule has 1 aliphatic carbocycles. The highest BCUT2D eigenvalue weighted by Crippen LogP contribution is 2.56. The molecule has 72 valence electrons. The van der Waals surface area contributed by atoms with Crippen LogP contribution in [-0.2, 0) is 0 Å². The van der Waals surface area contributed by atoms with Gasteiger partial charge >= 0.3 is 0 Å². The van der Waals surface area contributed by atoms with E-state index in [0.29, 0.717) is 0 Å². The highest BCUT2D eigenvalue weighted by Gasteiger charge is 2.55. The van der Waals surface area contributed by atoms with Crippen LogP contribution < -0.4 is 5.32 Å². The molecule has 1 saturated heterocycles. The minimum Gasteiger partial charge on any atom is -0.317 e. The molecule has 12 heavy (non-hydrogen) atoms. The van der Waals surface area contributed by atoms with E-state index in [0.717, 1.165) is 25.9 Å². The Morgan fingerprint density at radius 1 is 1.00 bits per heavy atom. The van der Waals surface area contributed by atoms with Gasteiger partial charge in [0.15, 0.2) is 0 Å². The predicted molar refractivity (Wildman–Crippen MR) is 46.0 cm³/mol. The first-order valence-electron chi connectivity index (χ1n) is 4.21. The van der Waals surface area contributed by atoms with Gasteiger partial charge in [0.05, 0.1) is 0 Å². The first kappa shape index (κ1) is 10.2. The van der Waals surface area contributed by atoms with E-state index in [1.807, 2.05) is 0 Å². The summed E-state index contributed by atoms with van der Waals surface area (Å²) in [6.45, 7) is 1.85. The van der Waals surface area contributed by atoms with Gasteiger partial charge in [0, 0.05) is 12.8 Å². The lowest BCUT2D eigenvalue weighted by molar-refractivity contribution is -0.170. The Morgan fingerprint density at radius 3 is 1.92 bits per heavy atom. The maximum atomic E-state index is 12.5. The van der Waals surface area contributed by atoms with E-state index in [-0.39, 0.29) is 30.7 Å². The zero-order valence-electron chi connectivity index (χ0n) is 6.91. The quantitative estimate of drug-likeness (QED) is 0.628. The Bertz CT molecular complexity index is 156. The van der Waals surface area contributed by atoms with Crippen LogP contribution in [0.1, 0.15) is 25.7 Å². The molecule has 1 saturated carbocycles. The Morgan fingerprint density at radius 2 is 1.50 bits per heavy atom. The van der Waals surface area contributed by atoms with Crippen LogP contribution in [0.4, 0.5) is 8.78 Å². The Labute approximate surface area is 77.3 Å². The molecule has 1 N–H and O–H groups in total. The van der Waals surface area contributed by atoms with Crippen molar-refractivity contribution in [3.05, 3.63) is 0 Å². The van der Waals surface area contributed by atoms with Crippen molar-refractivity contribution in [2.45, 2.75) is 31.6 Å². The highest BCUT2D eigenvalue weighted by atomic mass is 35.5. The van der Waals surface area contributed by atoms with Crippen molar-refractivity contribution in [1.82, 2.24) is 5.32 Å². The maximum Gasteiger partial charge on any atom is 0.249 e. The Hall–Kier alpha value is 0.110. The van der Waals surface area contributed by atoms with Crippen molar-refractivity contribution < 1.29 is 8.78 Å². The van der Waals surface area contributed by atoms with Crippen molar-refractivity contribution in [2.24, 2.45) is 5.41 Å². The number of alkyl halides is 2. The second kappa shape index (κ2) is 3.11. The number of nitrogens with one attached hydrogen (secondary N) is 1. The normalized spacial score (nSPS) is 30.5. The van der Waals surface area contributed by atoms with E-state index in [1.54, 1.807) is 0 Å². The van der Waals surface area contributed by atoms with E-state index in [4.69, 9.17) is 0 Å². The average molecular weight is 198 g/mol. The SMILES string of the molecule is Cl.FC1(F)CC2(CCNCC2)C1. The van der Waals surface area contributed by atoms with Gasteiger partial charge in [-0.3, -0.25) is 0 Å². The lowest BCUT2D eigenvalue weighted by atomic mass is 9.61. The molecular formula is C8H14ClF2N. The molecule has 0 bridgehead atoms. The van der Waals surface area contributed by atoms with Gasteiger partial charge in [-0.15, -0.1) is 12.4 Å². The number of hydrogen-bond acceptors (Lipinski definition) is 1. The second-order valence-electron chi connectivity index (χ2n) is 3.96. The second-order valence-corrected chi connectivity index (χ2v) is 3.96. The van der Waals surface area contributed by atoms with Crippen LogP contribution >= 0.6 is 12.4 Å². The van der Waals surface area contributed by atoms with E-state index >= 15 is 0 Å². The molecule has 0 amide bonds. The first-order chi connectivity index (χ1) is 5.12. The van der Waals surface area contributed by atoms with Crippen molar-refractivity contribution >= 4 is 12.4 Å². The molecule has 0 atom stereocenters. The van der Waals surface area contributed by atoms with Crippen LogP contribution in [0, 0.1) is 5.41 Å². The van der Waals surface area contributed by atoms with Gasteiger partial charge in [-0.1, -0.05) is 0 Å². The summed E-state index contributed by atoms with van der Waals surface area (Å²) in [5, 5.41) is 3.19. The largest absolute Gasteiger partial charge is 0.317 e. The van der Waals surface area contributed by atoms with E-state index in [2.05, 4.69) is 5.32 Å². The monoisotopic (exact) mass is 197 g/mol. The van der Waals surface area contributed by atoms with E-state index in [1.165, 1.54) is 0 Å². The van der Waals surface area contributed by atoms with Crippen LogP contribution in [0.3, 0.4) is 0 Å². The molecule has 2 fully saturated rings. The van der Waals surface area contributed by atoms with Gasteiger partial charge in [0.25, 0.3) is 0 Å². The number of halogens is 3. The third-order valence-corrected chi connectivity index (χ3v) is 2.93. The van der Waals surface area contributed by atoms with Crippen LogP contribution in [0.15, 0.2) is 0 Å². The summed E-state index contributed by atoms with van der Waals surface area (Å²) in [5.74, 6) is -2.34. The highest BCUT2D eigenvalue weighted by molar-refractivity contribution is 5.85. The maximum absolute atomic E-state index is 12.5. The van der Waals surface area contributed by atoms with Gasteiger partial charge in [-0.2, -0.15) is 0 Å². The fourth-order valence-corrected chi connectivity index (χ4v) is 2.36. The van der Waals surface area contributed by atoms with E-state index in [9.17, 15) is 8.78 Å². The summed E-state index contributed by atoms with van der Waals surface area (Å²) in [7, 11) is 0. The number of piperidine rings is 1. The molecule has 2 aliphatic rings. The Kier molecular flexibility index (Phi) is 2.64. The molecule has 2 rings (SSSR count). The van der Waals surface area contributed by atoms with Crippen LogP contribution in [-0.4, -0.2) is 19.0 Å². The fraction of sp³-hybridized carbons (Fsp3) is 1.00. The first-order valence-corrected chi connectivity index (χ1v) is 4.21. The number of rotatable bonds is 0. The van der Waals surface area contributed by atoms with Crippen molar-refractivity contribution in [1.29, 1.82) is 0 Å². The lowest BCUT2D eigenvalue weighted by Crippen LogP contribution is -2.51. The summed E-state index contributed by atoms with van der Waals surface area (Å²) < 4.78 is 25.1. The summed E-state index contributed by atoms with van der Waals surface area (Å²) >= 11 is 0. The fourth-order valence-electron chi connectivity index (χ4n) is 2.36. The van der Waals surface area contributed by atoms with Gasteiger partial charge < -0.3 is 5.32 Å². The molecule has 0 unspecified atom stereocenters. The molecule has 0 aromatic carbocycles. The van der Waals surface area contributed by atoms with Gasteiger partial charge in [-0.05, 0) is 31.3 Å². The lowest BCUT2D eigenvalue weighted by Gasteiger charge is -2.49. The third-order valence-electron chi connectivity index (χ3n) is 2.93. The van der Waals surface area contributed by atoms with Crippen LogP contribution in [0.2, 0.25) is 0 Å². The minimum absolute atomic E-state index is 0. The topological polar surface area (TPSA) is 12.0 Å². The van der Waals surface area contributed by atoms with Crippen LogP contribution in [0.5, 0.6) is 0 Å². The zero-order chi connectivity index (χ0) is 7.95. The summed E-state index contributed by atoms with van der Waals surface area (Å²) in [6.07, 6.45) is 2.18. The molecule has 1 spiro atoms. The molecule has 4 heteroatoms.